The van der Waals surface area contributed by atoms with Crippen LogP contribution in [0.4, 0.5) is 13.2 Å². The number of aliphatic hydroxyl groups excluding tert-OH is 1. The highest BCUT2D eigenvalue weighted by Crippen LogP contribution is 2.27. The summed E-state index contributed by atoms with van der Waals surface area (Å²) in [7, 11) is 0. The van der Waals surface area contributed by atoms with Crippen LogP contribution in [0, 0.1) is 17.5 Å². The Kier molecular flexibility index (Phi) is 4.73. The van der Waals surface area contributed by atoms with Crippen molar-refractivity contribution >= 4 is 27.5 Å². The maximum absolute atomic E-state index is 13.6. The van der Waals surface area contributed by atoms with E-state index in [1.807, 2.05) is 0 Å². The molecule has 1 N–H and O–H groups in total. The van der Waals surface area contributed by atoms with Crippen molar-refractivity contribution in [3.05, 3.63) is 68.4 Å². The fourth-order valence-corrected chi connectivity index (χ4v) is 2.37. The van der Waals surface area contributed by atoms with Crippen molar-refractivity contribution in [2.24, 2.45) is 0 Å². The molecule has 0 amide bonds. The molecule has 0 heterocycles. The van der Waals surface area contributed by atoms with Gasteiger partial charge in [-0.2, -0.15) is 0 Å². The predicted octanol–water partition coefficient (Wildman–Crippen LogP) is 4.80. The lowest BCUT2D eigenvalue weighted by atomic mass is 10.0. The van der Waals surface area contributed by atoms with E-state index in [0.29, 0.717) is 4.47 Å². The van der Waals surface area contributed by atoms with Gasteiger partial charge in [-0.15, -0.1) is 0 Å². The standard InChI is InChI=1S/C14H9BrClF3O/c15-8-1-2-11(17)7(3-8)4-14(20)9-5-13(19)10(16)6-12(9)18/h1-3,5-6,14,20H,4H2. The van der Waals surface area contributed by atoms with Gasteiger partial charge in [-0.25, -0.2) is 13.2 Å². The van der Waals surface area contributed by atoms with Gasteiger partial charge in [0, 0.05) is 16.5 Å². The Morgan fingerprint density at radius 1 is 1.05 bits per heavy atom. The van der Waals surface area contributed by atoms with E-state index < -0.39 is 23.6 Å². The van der Waals surface area contributed by atoms with Crippen LogP contribution in [0.1, 0.15) is 17.2 Å². The van der Waals surface area contributed by atoms with Gasteiger partial charge in [-0.05, 0) is 35.9 Å². The highest BCUT2D eigenvalue weighted by atomic mass is 79.9. The molecule has 2 aromatic carbocycles. The molecule has 0 saturated carbocycles. The van der Waals surface area contributed by atoms with Crippen LogP contribution < -0.4 is 0 Å². The average molecular weight is 366 g/mol. The molecule has 2 rings (SSSR count). The third-order valence-corrected chi connectivity index (χ3v) is 3.60. The van der Waals surface area contributed by atoms with E-state index >= 15 is 0 Å². The lowest BCUT2D eigenvalue weighted by molar-refractivity contribution is 0.172. The SMILES string of the molecule is OC(Cc1cc(Br)ccc1F)c1cc(F)c(Cl)cc1F. The highest BCUT2D eigenvalue weighted by molar-refractivity contribution is 9.10. The van der Waals surface area contributed by atoms with Crippen molar-refractivity contribution in [3.63, 3.8) is 0 Å². The van der Waals surface area contributed by atoms with Gasteiger partial charge in [-0.1, -0.05) is 27.5 Å². The Bertz CT molecular complexity index is 649. The lowest BCUT2D eigenvalue weighted by Gasteiger charge is -2.13. The first-order valence-electron chi connectivity index (χ1n) is 5.65. The minimum atomic E-state index is -1.37. The zero-order valence-electron chi connectivity index (χ0n) is 10.0. The molecule has 0 spiro atoms. The van der Waals surface area contributed by atoms with Crippen LogP contribution >= 0.6 is 27.5 Å². The monoisotopic (exact) mass is 364 g/mol. The molecular weight excluding hydrogens is 357 g/mol. The number of hydrogen-bond acceptors (Lipinski definition) is 1. The second-order valence-electron chi connectivity index (χ2n) is 4.24. The second kappa shape index (κ2) is 6.16. The summed E-state index contributed by atoms with van der Waals surface area (Å²) >= 11 is 8.61. The molecule has 0 aliphatic rings. The first kappa shape index (κ1) is 15.4. The van der Waals surface area contributed by atoms with Gasteiger partial charge in [0.1, 0.15) is 17.5 Å². The van der Waals surface area contributed by atoms with E-state index in [1.165, 1.54) is 18.2 Å². The largest absolute Gasteiger partial charge is 0.388 e. The van der Waals surface area contributed by atoms with E-state index in [-0.39, 0.29) is 22.6 Å². The number of aliphatic hydroxyl groups is 1. The molecular formula is C14H9BrClF3O. The predicted molar refractivity (Wildman–Crippen MR) is 74.1 cm³/mol. The zero-order chi connectivity index (χ0) is 14.9. The number of rotatable bonds is 3. The molecule has 0 bridgehead atoms. The Morgan fingerprint density at radius 3 is 2.45 bits per heavy atom. The van der Waals surface area contributed by atoms with E-state index in [0.717, 1.165) is 12.1 Å². The van der Waals surface area contributed by atoms with Gasteiger partial charge in [0.15, 0.2) is 0 Å². The van der Waals surface area contributed by atoms with Gasteiger partial charge < -0.3 is 5.11 Å². The third kappa shape index (κ3) is 3.34. The smallest absolute Gasteiger partial charge is 0.142 e. The second-order valence-corrected chi connectivity index (χ2v) is 5.57. The van der Waals surface area contributed by atoms with Crippen LogP contribution in [-0.4, -0.2) is 5.11 Å². The van der Waals surface area contributed by atoms with E-state index in [1.54, 1.807) is 0 Å². The van der Waals surface area contributed by atoms with Gasteiger partial charge in [0.05, 0.1) is 11.1 Å². The summed E-state index contributed by atoms with van der Waals surface area (Å²) in [6.07, 6.45) is -1.55. The third-order valence-electron chi connectivity index (χ3n) is 2.82. The molecule has 1 atom stereocenters. The minimum Gasteiger partial charge on any atom is -0.388 e. The molecule has 6 heteroatoms. The Balaban J connectivity index is 2.30. The molecule has 0 aromatic heterocycles. The average Bonchev–Trinajstić information content (AvgIpc) is 2.38. The Morgan fingerprint density at radius 2 is 1.75 bits per heavy atom. The number of benzene rings is 2. The van der Waals surface area contributed by atoms with Gasteiger partial charge in [0.25, 0.3) is 0 Å². The molecule has 0 aliphatic heterocycles. The number of halogens is 5. The van der Waals surface area contributed by atoms with Crippen molar-refractivity contribution in [1.82, 2.24) is 0 Å². The van der Waals surface area contributed by atoms with Crippen molar-refractivity contribution in [1.29, 1.82) is 0 Å². The molecule has 0 radical (unpaired) electrons. The maximum atomic E-state index is 13.6. The van der Waals surface area contributed by atoms with Crippen molar-refractivity contribution in [2.45, 2.75) is 12.5 Å². The lowest BCUT2D eigenvalue weighted by Crippen LogP contribution is -2.06. The molecule has 0 aliphatic carbocycles. The molecule has 20 heavy (non-hydrogen) atoms. The molecule has 0 saturated heterocycles. The Hall–Kier alpha value is -1.04. The van der Waals surface area contributed by atoms with Crippen LogP contribution in [0.25, 0.3) is 0 Å². The summed E-state index contributed by atoms with van der Waals surface area (Å²) in [6.45, 7) is 0. The van der Waals surface area contributed by atoms with E-state index in [4.69, 9.17) is 11.6 Å². The summed E-state index contributed by atoms with van der Waals surface area (Å²) in [5.41, 5.74) is -0.0621. The summed E-state index contributed by atoms with van der Waals surface area (Å²) in [4.78, 5) is 0. The van der Waals surface area contributed by atoms with Crippen LogP contribution in [-0.2, 0) is 6.42 Å². The quantitative estimate of drug-likeness (QED) is 0.775. The van der Waals surface area contributed by atoms with Crippen LogP contribution in [0.5, 0.6) is 0 Å². The minimum absolute atomic E-state index is 0.177. The van der Waals surface area contributed by atoms with Gasteiger partial charge in [-0.3, -0.25) is 0 Å². The van der Waals surface area contributed by atoms with Crippen LogP contribution in [0.15, 0.2) is 34.8 Å². The van der Waals surface area contributed by atoms with Crippen molar-refractivity contribution in [2.75, 3.05) is 0 Å². The van der Waals surface area contributed by atoms with Crippen LogP contribution in [0.3, 0.4) is 0 Å². The maximum Gasteiger partial charge on any atom is 0.142 e. The fraction of sp³-hybridized carbons (Fsp3) is 0.143. The zero-order valence-corrected chi connectivity index (χ0v) is 12.4. The summed E-state index contributed by atoms with van der Waals surface area (Å²) in [6, 6.07) is 5.81. The van der Waals surface area contributed by atoms with Crippen molar-refractivity contribution < 1.29 is 18.3 Å². The molecule has 2 aromatic rings. The first-order chi connectivity index (χ1) is 9.38. The fourth-order valence-electron chi connectivity index (χ4n) is 1.81. The highest BCUT2D eigenvalue weighted by Gasteiger charge is 2.18. The molecule has 1 nitrogen and oxygen atoms in total. The summed E-state index contributed by atoms with van der Waals surface area (Å²) in [5.74, 6) is -2.20. The van der Waals surface area contributed by atoms with E-state index in [2.05, 4.69) is 15.9 Å². The first-order valence-corrected chi connectivity index (χ1v) is 6.82. The summed E-state index contributed by atoms with van der Waals surface area (Å²) in [5, 5.41) is 9.59. The van der Waals surface area contributed by atoms with Gasteiger partial charge in [0.2, 0.25) is 0 Å². The topological polar surface area (TPSA) is 20.2 Å². The molecule has 0 fully saturated rings. The molecule has 106 valence electrons. The normalized spacial score (nSPS) is 12.5. The summed E-state index contributed by atoms with van der Waals surface area (Å²) < 4.78 is 41.2. The number of hydrogen-bond donors (Lipinski definition) is 1. The Labute approximate surface area is 127 Å². The van der Waals surface area contributed by atoms with Crippen LogP contribution in [0.2, 0.25) is 5.02 Å². The van der Waals surface area contributed by atoms with Crippen molar-refractivity contribution in [3.8, 4) is 0 Å². The van der Waals surface area contributed by atoms with E-state index in [9.17, 15) is 18.3 Å². The van der Waals surface area contributed by atoms with Gasteiger partial charge >= 0.3 is 0 Å². The molecule has 1 unspecified atom stereocenters.